The van der Waals surface area contributed by atoms with Crippen LogP contribution < -0.4 is 0 Å². The summed E-state index contributed by atoms with van der Waals surface area (Å²) in [6.07, 6.45) is 2.75. The number of rotatable bonds is 7. The highest BCUT2D eigenvalue weighted by Crippen LogP contribution is 2.24. The number of benzene rings is 1. The lowest BCUT2D eigenvalue weighted by Gasteiger charge is -2.36. The van der Waals surface area contributed by atoms with Crippen molar-refractivity contribution in [1.82, 2.24) is 9.21 Å². The van der Waals surface area contributed by atoms with Gasteiger partial charge in [0, 0.05) is 31.3 Å². The van der Waals surface area contributed by atoms with Gasteiger partial charge in [-0.3, -0.25) is 10.1 Å². The van der Waals surface area contributed by atoms with E-state index in [1.807, 2.05) is 0 Å². The SMILES string of the molecule is CC(C)CCN(C)C1CCN(S(=O)(=O)c2ccc([N+](=O)[O-])cc2)CC1.Cl. The summed E-state index contributed by atoms with van der Waals surface area (Å²) >= 11 is 0. The number of halogens is 1. The highest BCUT2D eigenvalue weighted by molar-refractivity contribution is 7.89. The molecule has 0 amide bonds. The normalized spacial score (nSPS) is 16.7. The Bertz CT molecular complexity index is 686. The summed E-state index contributed by atoms with van der Waals surface area (Å²) in [5.41, 5.74) is -0.107. The highest BCUT2D eigenvalue weighted by Gasteiger charge is 2.30. The molecule has 0 spiro atoms. The van der Waals surface area contributed by atoms with Crippen molar-refractivity contribution in [1.29, 1.82) is 0 Å². The second-order valence-electron chi connectivity index (χ2n) is 7.05. The molecule has 0 atom stereocenters. The van der Waals surface area contributed by atoms with Crippen LogP contribution in [0.2, 0.25) is 0 Å². The smallest absolute Gasteiger partial charge is 0.269 e. The first-order chi connectivity index (χ1) is 11.7. The van der Waals surface area contributed by atoms with Crippen molar-refractivity contribution >= 4 is 28.1 Å². The van der Waals surface area contributed by atoms with E-state index in [1.165, 1.54) is 28.6 Å². The number of nitrogens with zero attached hydrogens (tertiary/aromatic N) is 3. The van der Waals surface area contributed by atoms with E-state index in [4.69, 9.17) is 0 Å². The third-order valence-electron chi connectivity index (χ3n) is 4.79. The van der Waals surface area contributed by atoms with E-state index in [0.717, 1.165) is 25.8 Å². The summed E-state index contributed by atoms with van der Waals surface area (Å²) in [6, 6.07) is 5.50. The molecule has 0 radical (unpaired) electrons. The molecule has 1 heterocycles. The Balaban J connectivity index is 0.00000338. The van der Waals surface area contributed by atoms with Gasteiger partial charge < -0.3 is 4.90 Å². The van der Waals surface area contributed by atoms with E-state index >= 15 is 0 Å². The van der Waals surface area contributed by atoms with E-state index in [2.05, 4.69) is 25.8 Å². The topological polar surface area (TPSA) is 83.8 Å². The van der Waals surface area contributed by atoms with Gasteiger partial charge in [0.25, 0.3) is 5.69 Å². The first kappa shape index (κ1) is 22.8. The summed E-state index contributed by atoms with van der Waals surface area (Å²) in [5, 5.41) is 10.7. The molecular weight excluding hydrogens is 378 g/mol. The minimum absolute atomic E-state index is 0. The van der Waals surface area contributed by atoms with E-state index < -0.39 is 14.9 Å². The predicted molar refractivity (Wildman–Crippen MR) is 104 cm³/mol. The maximum Gasteiger partial charge on any atom is 0.269 e. The number of hydrogen-bond donors (Lipinski definition) is 0. The maximum absolute atomic E-state index is 12.7. The van der Waals surface area contributed by atoms with Crippen LogP contribution in [0.25, 0.3) is 0 Å². The lowest BCUT2D eigenvalue weighted by molar-refractivity contribution is -0.384. The van der Waals surface area contributed by atoms with Crippen LogP contribution in [0.3, 0.4) is 0 Å². The zero-order valence-electron chi connectivity index (χ0n) is 15.5. The molecule has 1 aliphatic heterocycles. The van der Waals surface area contributed by atoms with Gasteiger partial charge in [-0.25, -0.2) is 8.42 Å². The predicted octanol–water partition coefficient (Wildman–Crippen LogP) is 3.15. The van der Waals surface area contributed by atoms with Crippen molar-refractivity contribution < 1.29 is 13.3 Å². The van der Waals surface area contributed by atoms with Crippen LogP contribution in [-0.2, 0) is 10.0 Å². The Morgan fingerprint density at radius 2 is 1.77 bits per heavy atom. The van der Waals surface area contributed by atoms with Gasteiger partial charge in [0.2, 0.25) is 10.0 Å². The lowest BCUT2D eigenvalue weighted by Crippen LogP contribution is -2.45. The van der Waals surface area contributed by atoms with Crippen LogP contribution >= 0.6 is 12.4 Å². The first-order valence-corrected chi connectivity index (χ1v) is 10.1. The molecule has 0 aliphatic carbocycles. The van der Waals surface area contributed by atoms with Gasteiger partial charge in [0.05, 0.1) is 9.82 Å². The van der Waals surface area contributed by atoms with Gasteiger partial charge in [0.15, 0.2) is 0 Å². The van der Waals surface area contributed by atoms with Crippen LogP contribution in [-0.4, -0.2) is 55.3 Å². The molecule has 0 bridgehead atoms. The van der Waals surface area contributed by atoms with Crippen molar-refractivity contribution in [2.75, 3.05) is 26.7 Å². The zero-order valence-corrected chi connectivity index (χ0v) is 17.1. The number of non-ortho nitro benzene ring substituents is 1. The lowest BCUT2D eigenvalue weighted by atomic mass is 10.0. The van der Waals surface area contributed by atoms with Crippen LogP contribution in [0.15, 0.2) is 29.2 Å². The Morgan fingerprint density at radius 1 is 1.23 bits per heavy atom. The van der Waals surface area contributed by atoms with E-state index in [1.54, 1.807) is 0 Å². The van der Waals surface area contributed by atoms with Crippen molar-refractivity contribution in [2.45, 2.75) is 44.0 Å². The van der Waals surface area contributed by atoms with Gasteiger partial charge in [-0.05, 0) is 50.9 Å². The maximum atomic E-state index is 12.7. The second kappa shape index (κ2) is 9.64. The fourth-order valence-electron chi connectivity index (χ4n) is 3.06. The standard InChI is InChI=1S/C17H27N3O4S.ClH/c1-14(2)8-11-18(3)15-9-12-19(13-10-15)25(23,24)17-6-4-16(5-7-17)20(21)22;/h4-7,14-15H,8-13H2,1-3H3;1H. The van der Waals surface area contributed by atoms with Crippen LogP contribution in [0.1, 0.15) is 33.1 Å². The quantitative estimate of drug-likeness (QED) is 0.514. The van der Waals surface area contributed by atoms with Crippen molar-refractivity contribution in [2.24, 2.45) is 5.92 Å². The van der Waals surface area contributed by atoms with Crippen molar-refractivity contribution in [3.8, 4) is 0 Å². The molecular formula is C17H28ClN3O4S. The Morgan fingerprint density at radius 3 is 2.23 bits per heavy atom. The number of nitro benzene ring substituents is 1. The van der Waals surface area contributed by atoms with E-state index in [-0.39, 0.29) is 23.0 Å². The molecule has 0 N–H and O–H groups in total. The first-order valence-electron chi connectivity index (χ1n) is 8.66. The van der Waals surface area contributed by atoms with E-state index in [9.17, 15) is 18.5 Å². The van der Waals surface area contributed by atoms with Crippen molar-refractivity contribution in [3.63, 3.8) is 0 Å². The molecule has 0 saturated carbocycles. The fraction of sp³-hybridized carbons (Fsp3) is 0.647. The molecule has 7 nitrogen and oxygen atoms in total. The van der Waals surface area contributed by atoms with Crippen LogP contribution in [0.5, 0.6) is 0 Å². The van der Waals surface area contributed by atoms with Crippen LogP contribution in [0, 0.1) is 16.0 Å². The average Bonchev–Trinajstić information content (AvgIpc) is 2.59. The summed E-state index contributed by atoms with van der Waals surface area (Å²) in [5.74, 6) is 0.657. The third kappa shape index (κ3) is 5.64. The summed E-state index contributed by atoms with van der Waals surface area (Å²) in [4.78, 5) is 12.6. The van der Waals surface area contributed by atoms with Gasteiger partial charge >= 0.3 is 0 Å². The number of nitro groups is 1. The molecule has 0 aromatic heterocycles. The monoisotopic (exact) mass is 405 g/mol. The molecule has 1 saturated heterocycles. The van der Waals surface area contributed by atoms with Gasteiger partial charge in [-0.2, -0.15) is 4.31 Å². The number of sulfonamides is 1. The number of hydrogen-bond acceptors (Lipinski definition) is 5. The third-order valence-corrected chi connectivity index (χ3v) is 6.70. The van der Waals surface area contributed by atoms with E-state index in [0.29, 0.717) is 25.0 Å². The summed E-state index contributed by atoms with van der Waals surface area (Å²) < 4.78 is 26.9. The molecule has 1 fully saturated rings. The Labute approximate surface area is 162 Å². The summed E-state index contributed by atoms with van der Waals surface area (Å²) in [7, 11) is -1.48. The molecule has 1 aromatic rings. The Kier molecular flexibility index (Phi) is 8.46. The fourth-order valence-corrected chi connectivity index (χ4v) is 4.53. The van der Waals surface area contributed by atoms with Gasteiger partial charge in [-0.15, -0.1) is 12.4 Å². The van der Waals surface area contributed by atoms with Gasteiger partial charge in [0.1, 0.15) is 0 Å². The molecule has 0 unspecified atom stereocenters. The summed E-state index contributed by atoms with van der Waals surface area (Å²) in [6.45, 7) is 6.39. The average molecular weight is 406 g/mol. The van der Waals surface area contributed by atoms with Crippen LogP contribution in [0.4, 0.5) is 5.69 Å². The highest BCUT2D eigenvalue weighted by atomic mass is 35.5. The molecule has 26 heavy (non-hydrogen) atoms. The molecule has 1 aromatic carbocycles. The van der Waals surface area contributed by atoms with Crippen molar-refractivity contribution in [3.05, 3.63) is 34.4 Å². The minimum Gasteiger partial charge on any atom is -0.303 e. The van der Waals surface area contributed by atoms with Gasteiger partial charge in [-0.1, -0.05) is 13.8 Å². The molecule has 9 heteroatoms. The molecule has 2 rings (SSSR count). The largest absolute Gasteiger partial charge is 0.303 e. The minimum atomic E-state index is -3.59. The number of piperidine rings is 1. The zero-order chi connectivity index (χ0) is 18.6. The molecule has 1 aliphatic rings. The Hall–Kier alpha value is -1.22. The second-order valence-corrected chi connectivity index (χ2v) is 8.99. The molecule has 148 valence electrons.